The standard InChI is InChI=1S/C10H11F3N2O4S/c11-10(12,13)9(4-2-5-9)15-20(17,18)19-8(16)7-3-1-6-14-7/h1,3,6,14-15H,2,4-5H2. The summed E-state index contributed by atoms with van der Waals surface area (Å²) in [5.74, 6) is -1.28. The molecule has 0 aliphatic heterocycles. The van der Waals surface area contributed by atoms with Crippen molar-refractivity contribution in [1.29, 1.82) is 0 Å². The second-order valence-corrected chi connectivity index (χ2v) is 5.72. The quantitative estimate of drug-likeness (QED) is 0.881. The normalized spacial score (nSPS) is 18.4. The van der Waals surface area contributed by atoms with E-state index in [9.17, 15) is 26.4 Å². The average Bonchev–Trinajstić information content (AvgIpc) is 2.74. The molecule has 0 amide bonds. The van der Waals surface area contributed by atoms with Crippen LogP contribution in [0.2, 0.25) is 0 Å². The first-order chi connectivity index (χ1) is 9.15. The minimum absolute atomic E-state index is 0.176. The van der Waals surface area contributed by atoms with Gasteiger partial charge >= 0.3 is 22.4 Å². The third kappa shape index (κ3) is 2.80. The maximum Gasteiger partial charge on any atom is 0.407 e. The predicted octanol–water partition coefficient (Wildman–Crippen LogP) is 1.49. The summed E-state index contributed by atoms with van der Waals surface area (Å²) >= 11 is 0. The number of halogens is 3. The fraction of sp³-hybridized carbons (Fsp3) is 0.500. The van der Waals surface area contributed by atoms with E-state index in [1.54, 1.807) is 0 Å². The lowest BCUT2D eigenvalue weighted by atomic mass is 9.77. The van der Waals surface area contributed by atoms with Crippen molar-refractivity contribution in [2.75, 3.05) is 0 Å². The molecule has 0 radical (unpaired) electrons. The Hall–Kier alpha value is -1.55. The fourth-order valence-electron chi connectivity index (χ4n) is 1.84. The van der Waals surface area contributed by atoms with E-state index in [1.807, 2.05) is 0 Å². The molecule has 0 bridgehead atoms. The van der Waals surface area contributed by atoms with Crippen molar-refractivity contribution in [2.45, 2.75) is 31.0 Å². The van der Waals surface area contributed by atoms with E-state index in [2.05, 4.69) is 9.17 Å². The van der Waals surface area contributed by atoms with Crippen LogP contribution < -0.4 is 4.72 Å². The minimum atomic E-state index is -4.85. The van der Waals surface area contributed by atoms with Crippen molar-refractivity contribution < 1.29 is 30.6 Å². The lowest BCUT2D eigenvalue weighted by molar-refractivity contribution is -0.212. The van der Waals surface area contributed by atoms with Gasteiger partial charge in [0.25, 0.3) is 0 Å². The van der Waals surface area contributed by atoms with Gasteiger partial charge in [-0.1, -0.05) is 0 Å². The predicted molar refractivity (Wildman–Crippen MR) is 60.9 cm³/mol. The van der Waals surface area contributed by atoms with Gasteiger partial charge in [-0.2, -0.15) is 26.3 Å². The van der Waals surface area contributed by atoms with Crippen molar-refractivity contribution in [3.8, 4) is 0 Å². The van der Waals surface area contributed by atoms with E-state index < -0.39 is 28.0 Å². The molecular formula is C10H11F3N2O4S. The number of H-pyrrole nitrogens is 1. The smallest absolute Gasteiger partial charge is 0.356 e. The molecule has 0 unspecified atom stereocenters. The van der Waals surface area contributed by atoms with Gasteiger partial charge in [-0.25, -0.2) is 4.79 Å². The van der Waals surface area contributed by atoms with Crippen molar-refractivity contribution in [2.24, 2.45) is 0 Å². The summed E-state index contributed by atoms with van der Waals surface area (Å²) in [6, 6.07) is 2.65. The van der Waals surface area contributed by atoms with Crippen LogP contribution in [0.3, 0.4) is 0 Å². The van der Waals surface area contributed by atoms with Gasteiger partial charge in [0.1, 0.15) is 11.2 Å². The first-order valence-corrected chi connectivity index (χ1v) is 7.04. The Morgan fingerprint density at radius 3 is 2.45 bits per heavy atom. The summed E-state index contributed by atoms with van der Waals surface area (Å²) in [6.07, 6.45) is -3.91. The lowest BCUT2D eigenvalue weighted by Gasteiger charge is -2.42. The van der Waals surface area contributed by atoms with Crippen LogP contribution in [0.4, 0.5) is 13.2 Å². The number of hydrogen-bond donors (Lipinski definition) is 2. The van der Waals surface area contributed by atoms with Gasteiger partial charge < -0.3 is 9.17 Å². The molecule has 20 heavy (non-hydrogen) atoms. The van der Waals surface area contributed by atoms with Crippen LogP contribution in [0.1, 0.15) is 29.8 Å². The molecule has 2 rings (SSSR count). The highest BCUT2D eigenvalue weighted by molar-refractivity contribution is 7.85. The number of carbonyl (C=O) groups is 1. The number of hydrogen-bond acceptors (Lipinski definition) is 4. The van der Waals surface area contributed by atoms with Gasteiger partial charge in [0.15, 0.2) is 0 Å². The minimum Gasteiger partial charge on any atom is -0.356 e. The number of aromatic nitrogens is 1. The zero-order valence-corrected chi connectivity index (χ0v) is 10.8. The lowest BCUT2D eigenvalue weighted by Crippen LogP contribution is -2.63. The van der Waals surface area contributed by atoms with Gasteiger partial charge in [0, 0.05) is 6.20 Å². The van der Waals surface area contributed by atoms with Gasteiger partial charge in [0.05, 0.1) is 0 Å². The highest BCUT2D eigenvalue weighted by Gasteiger charge is 2.60. The molecular weight excluding hydrogens is 301 g/mol. The number of aromatic amines is 1. The largest absolute Gasteiger partial charge is 0.407 e. The maximum absolute atomic E-state index is 12.8. The Bertz CT molecular complexity index is 591. The molecule has 0 spiro atoms. The molecule has 1 fully saturated rings. The SMILES string of the molecule is O=C(OS(=O)(=O)NC1(C(F)(F)F)CCC1)c1ccc[nH]1. The molecule has 1 heterocycles. The highest BCUT2D eigenvalue weighted by Crippen LogP contribution is 2.45. The second kappa shape index (κ2) is 4.77. The van der Waals surface area contributed by atoms with E-state index in [-0.39, 0.29) is 25.0 Å². The third-order valence-corrected chi connectivity index (χ3v) is 4.08. The van der Waals surface area contributed by atoms with Gasteiger partial charge in [-0.15, -0.1) is 0 Å². The Balaban J connectivity index is 2.10. The van der Waals surface area contributed by atoms with E-state index in [0.717, 1.165) is 0 Å². The molecule has 0 aromatic carbocycles. The maximum atomic E-state index is 12.8. The molecule has 10 heteroatoms. The Labute approximate surface area is 112 Å². The Morgan fingerprint density at radius 2 is 2.05 bits per heavy atom. The monoisotopic (exact) mass is 312 g/mol. The molecule has 2 N–H and O–H groups in total. The summed E-state index contributed by atoms with van der Waals surface area (Å²) in [5, 5.41) is 0. The third-order valence-electron chi connectivity index (χ3n) is 3.07. The highest BCUT2D eigenvalue weighted by atomic mass is 32.2. The van der Waals surface area contributed by atoms with Crippen LogP contribution in [0.5, 0.6) is 0 Å². The van der Waals surface area contributed by atoms with Crippen LogP contribution in [0, 0.1) is 0 Å². The molecule has 0 saturated heterocycles. The number of carbonyl (C=O) groups excluding carboxylic acids is 1. The molecule has 1 aliphatic carbocycles. The van der Waals surface area contributed by atoms with Crippen molar-refractivity contribution >= 4 is 16.3 Å². The summed E-state index contributed by atoms with van der Waals surface area (Å²) < 4.78 is 67.0. The van der Waals surface area contributed by atoms with Crippen LogP contribution >= 0.6 is 0 Å². The van der Waals surface area contributed by atoms with Gasteiger partial charge in [-0.3, -0.25) is 0 Å². The van der Waals surface area contributed by atoms with Crippen molar-refractivity contribution in [3.05, 3.63) is 24.0 Å². The molecule has 1 aromatic heterocycles. The van der Waals surface area contributed by atoms with Gasteiger partial charge in [0.2, 0.25) is 0 Å². The van der Waals surface area contributed by atoms with Crippen molar-refractivity contribution in [1.82, 2.24) is 9.71 Å². The molecule has 112 valence electrons. The molecule has 1 aliphatic rings. The summed E-state index contributed by atoms with van der Waals surface area (Å²) in [7, 11) is -4.85. The Kier molecular flexibility index (Phi) is 3.54. The summed E-state index contributed by atoms with van der Waals surface area (Å²) in [5.41, 5.74) is -2.72. The Morgan fingerprint density at radius 1 is 1.40 bits per heavy atom. The van der Waals surface area contributed by atoms with E-state index in [1.165, 1.54) is 23.1 Å². The topological polar surface area (TPSA) is 88.3 Å². The van der Waals surface area contributed by atoms with E-state index >= 15 is 0 Å². The molecule has 0 atom stereocenters. The molecule has 6 nitrogen and oxygen atoms in total. The van der Waals surface area contributed by atoms with Gasteiger partial charge in [-0.05, 0) is 31.4 Å². The number of nitrogens with one attached hydrogen (secondary N) is 2. The average molecular weight is 312 g/mol. The van der Waals surface area contributed by atoms with Crippen molar-refractivity contribution in [3.63, 3.8) is 0 Å². The van der Waals surface area contributed by atoms with E-state index in [4.69, 9.17) is 0 Å². The van der Waals surface area contributed by atoms with Crippen LogP contribution in [0.25, 0.3) is 0 Å². The zero-order chi connectivity index (χ0) is 15.0. The zero-order valence-electron chi connectivity index (χ0n) is 10.0. The fourth-order valence-corrected chi connectivity index (χ4v) is 2.96. The summed E-state index contributed by atoms with van der Waals surface area (Å²) in [4.78, 5) is 13.8. The molecule has 1 aromatic rings. The second-order valence-electron chi connectivity index (χ2n) is 4.44. The first kappa shape index (κ1) is 14.9. The van der Waals surface area contributed by atoms with Crippen LogP contribution in [-0.4, -0.2) is 31.1 Å². The van der Waals surface area contributed by atoms with Crippen LogP contribution in [-0.2, 0) is 14.5 Å². The van der Waals surface area contributed by atoms with E-state index in [0.29, 0.717) is 0 Å². The number of alkyl halides is 3. The van der Waals surface area contributed by atoms with Crippen LogP contribution in [0.15, 0.2) is 18.3 Å². The summed E-state index contributed by atoms with van der Waals surface area (Å²) in [6.45, 7) is 0. The number of rotatable bonds is 4. The first-order valence-electron chi connectivity index (χ1n) is 5.63. The molecule has 1 saturated carbocycles.